The van der Waals surface area contributed by atoms with Gasteiger partial charge in [-0.05, 0) is 30.3 Å². The normalized spacial score (nSPS) is 11.4. The van der Waals surface area contributed by atoms with E-state index in [1.165, 1.54) is 18.6 Å². The lowest BCUT2D eigenvalue weighted by atomic mass is 10.2. The molecule has 1 aromatic carbocycles. The number of anilines is 3. The lowest BCUT2D eigenvalue weighted by Gasteiger charge is -2.09. The van der Waals surface area contributed by atoms with Crippen LogP contribution in [0.2, 0.25) is 0 Å². The second kappa shape index (κ2) is 5.81. The third-order valence-electron chi connectivity index (χ3n) is 3.32. The summed E-state index contributed by atoms with van der Waals surface area (Å²) < 4.78 is 23.5. The maximum absolute atomic E-state index is 11.7. The van der Waals surface area contributed by atoms with Crippen LogP contribution in [0.5, 0.6) is 0 Å². The molecule has 0 saturated heterocycles. The summed E-state index contributed by atoms with van der Waals surface area (Å²) in [4.78, 5) is 12.8. The summed E-state index contributed by atoms with van der Waals surface area (Å²) in [5.41, 5.74) is 1.41. The highest BCUT2D eigenvalue weighted by molar-refractivity contribution is 7.90. The smallest absolute Gasteiger partial charge is 0.175 e. The van der Waals surface area contributed by atoms with Crippen LogP contribution in [0.1, 0.15) is 0 Å². The Morgan fingerprint density at radius 1 is 1.04 bits per heavy atom. The fraction of sp³-hybridized carbons (Fsp3) is 0.133. The number of rotatable bonds is 4. The summed E-state index contributed by atoms with van der Waals surface area (Å²) in [7, 11) is -1.51. The third-order valence-corrected chi connectivity index (χ3v) is 4.43. The van der Waals surface area contributed by atoms with Crippen LogP contribution < -0.4 is 10.6 Å². The van der Waals surface area contributed by atoms with Gasteiger partial charge in [0.2, 0.25) is 0 Å². The molecule has 0 unspecified atom stereocenters. The van der Waals surface area contributed by atoms with E-state index >= 15 is 0 Å². The summed E-state index contributed by atoms with van der Waals surface area (Å²) in [6.45, 7) is 0. The van der Waals surface area contributed by atoms with Crippen molar-refractivity contribution in [2.24, 2.45) is 0 Å². The molecule has 118 valence electrons. The van der Waals surface area contributed by atoms with E-state index in [2.05, 4.69) is 25.6 Å². The molecule has 3 rings (SSSR count). The third kappa shape index (κ3) is 3.21. The zero-order valence-corrected chi connectivity index (χ0v) is 13.4. The lowest BCUT2D eigenvalue weighted by molar-refractivity contribution is 0.602. The summed E-state index contributed by atoms with van der Waals surface area (Å²) >= 11 is 0. The highest BCUT2D eigenvalue weighted by Gasteiger charge is 2.11. The van der Waals surface area contributed by atoms with Crippen LogP contribution in [0.25, 0.3) is 10.9 Å². The standard InChI is InChI=1S/C15H15N5O2S/c1-16-14-6-3-10(8-17-14)20-15-12-7-11(23(2,21)22)4-5-13(12)18-9-19-15/h3-9H,1-2H3,(H,16,17)(H,18,19,20). The van der Waals surface area contributed by atoms with Gasteiger partial charge in [-0.2, -0.15) is 0 Å². The number of fused-ring (bicyclic) bond motifs is 1. The van der Waals surface area contributed by atoms with Crippen LogP contribution in [0, 0.1) is 0 Å². The number of aromatic nitrogens is 3. The molecule has 2 aromatic heterocycles. The zero-order chi connectivity index (χ0) is 16.4. The van der Waals surface area contributed by atoms with Crippen molar-refractivity contribution in [2.75, 3.05) is 23.9 Å². The van der Waals surface area contributed by atoms with Crippen molar-refractivity contribution in [1.82, 2.24) is 15.0 Å². The Balaban J connectivity index is 2.05. The molecule has 0 atom stereocenters. The fourth-order valence-electron chi connectivity index (χ4n) is 2.12. The molecular weight excluding hydrogens is 314 g/mol. The number of nitrogens with one attached hydrogen (secondary N) is 2. The number of sulfone groups is 1. The molecule has 0 fully saturated rings. The first-order chi connectivity index (χ1) is 11.0. The molecule has 0 saturated carbocycles. The fourth-order valence-corrected chi connectivity index (χ4v) is 2.77. The molecule has 0 bridgehead atoms. The van der Waals surface area contributed by atoms with E-state index in [-0.39, 0.29) is 4.90 Å². The average molecular weight is 329 g/mol. The van der Waals surface area contributed by atoms with Crippen molar-refractivity contribution in [3.05, 3.63) is 42.9 Å². The van der Waals surface area contributed by atoms with Gasteiger partial charge in [0.05, 0.1) is 22.3 Å². The van der Waals surface area contributed by atoms with E-state index in [4.69, 9.17) is 0 Å². The Morgan fingerprint density at radius 3 is 2.52 bits per heavy atom. The number of benzene rings is 1. The molecule has 0 aliphatic rings. The molecule has 7 nitrogen and oxygen atoms in total. The topological polar surface area (TPSA) is 96.9 Å². The van der Waals surface area contributed by atoms with Gasteiger partial charge in [0.25, 0.3) is 0 Å². The minimum Gasteiger partial charge on any atom is -0.373 e. The molecule has 0 aliphatic heterocycles. The molecule has 0 aliphatic carbocycles. The second-order valence-electron chi connectivity index (χ2n) is 4.98. The van der Waals surface area contributed by atoms with Crippen molar-refractivity contribution < 1.29 is 8.42 Å². The van der Waals surface area contributed by atoms with Crippen LogP contribution in [0.4, 0.5) is 17.3 Å². The monoisotopic (exact) mass is 329 g/mol. The minimum absolute atomic E-state index is 0.228. The predicted octanol–water partition coefficient (Wildman–Crippen LogP) is 2.21. The Bertz CT molecular complexity index is 955. The Labute approximate surface area is 133 Å². The van der Waals surface area contributed by atoms with Gasteiger partial charge >= 0.3 is 0 Å². The second-order valence-corrected chi connectivity index (χ2v) is 7.00. The van der Waals surface area contributed by atoms with Gasteiger partial charge in [-0.15, -0.1) is 0 Å². The van der Waals surface area contributed by atoms with Gasteiger partial charge in [0, 0.05) is 18.7 Å². The number of nitrogens with zero attached hydrogens (tertiary/aromatic N) is 3. The number of hydrogen-bond donors (Lipinski definition) is 2. The average Bonchev–Trinajstić information content (AvgIpc) is 2.54. The van der Waals surface area contributed by atoms with Crippen molar-refractivity contribution >= 4 is 38.1 Å². The number of hydrogen-bond acceptors (Lipinski definition) is 7. The first kappa shape index (κ1) is 15.2. The first-order valence-electron chi connectivity index (χ1n) is 6.83. The summed E-state index contributed by atoms with van der Waals surface area (Å²) in [5.74, 6) is 1.28. The molecule has 8 heteroatoms. The highest BCUT2D eigenvalue weighted by Crippen LogP contribution is 2.25. The van der Waals surface area contributed by atoms with Crippen LogP contribution in [0.3, 0.4) is 0 Å². The van der Waals surface area contributed by atoms with Crippen LogP contribution in [-0.2, 0) is 9.84 Å². The Hall–Kier alpha value is -2.74. The quantitative estimate of drug-likeness (QED) is 0.757. The molecule has 2 N–H and O–H groups in total. The van der Waals surface area contributed by atoms with E-state index in [0.717, 1.165) is 11.5 Å². The maximum Gasteiger partial charge on any atom is 0.175 e. The van der Waals surface area contributed by atoms with Crippen molar-refractivity contribution in [3.63, 3.8) is 0 Å². The summed E-state index contributed by atoms with van der Waals surface area (Å²) in [6.07, 6.45) is 4.27. The van der Waals surface area contributed by atoms with Crippen LogP contribution in [0.15, 0.2) is 47.8 Å². The molecule has 2 heterocycles. The van der Waals surface area contributed by atoms with E-state index < -0.39 is 9.84 Å². The molecule has 0 radical (unpaired) electrons. The van der Waals surface area contributed by atoms with Gasteiger partial charge in [-0.25, -0.2) is 23.4 Å². The van der Waals surface area contributed by atoms with E-state index in [1.54, 1.807) is 25.4 Å². The van der Waals surface area contributed by atoms with E-state index in [0.29, 0.717) is 16.7 Å². The molecular formula is C15H15N5O2S. The molecule has 0 amide bonds. The largest absolute Gasteiger partial charge is 0.373 e. The van der Waals surface area contributed by atoms with E-state index in [1.807, 2.05) is 12.1 Å². The van der Waals surface area contributed by atoms with Gasteiger partial charge in [0.15, 0.2) is 9.84 Å². The first-order valence-corrected chi connectivity index (χ1v) is 8.72. The molecule has 0 spiro atoms. The molecule has 23 heavy (non-hydrogen) atoms. The Kier molecular flexibility index (Phi) is 3.83. The van der Waals surface area contributed by atoms with Gasteiger partial charge < -0.3 is 10.6 Å². The van der Waals surface area contributed by atoms with Crippen LogP contribution >= 0.6 is 0 Å². The number of pyridine rings is 1. The van der Waals surface area contributed by atoms with Gasteiger partial charge in [-0.3, -0.25) is 0 Å². The maximum atomic E-state index is 11.7. The van der Waals surface area contributed by atoms with E-state index in [9.17, 15) is 8.42 Å². The van der Waals surface area contributed by atoms with Crippen molar-refractivity contribution in [1.29, 1.82) is 0 Å². The SMILES string of the molecule is CNc1ccc(Nc2ncnc3ccc(S(C)(=O)=O)cc23)cn1. The van der Waals surface area contributed by atoms with Crippen LogP contribution in [-0.4, -0.2) is 36.7 Å². The van der Waals surface area contributed by atoms with Crippen molar-refractivity contribution in [3.8, 4) is 0 Å². The minimum atomic E-state index is -3.30. The summed E-state index contributed by atoms with van der Waals surface area (Å²) in [5, 5.41) is 6.71. The zero-order valence-electron chi connectivity index (χ0n) is 12.6. The Morgan fingerprint density at radius 2 is 1.87 bits per heavy atom. The molecule has 3 aromatic rings. The highest BCUT2D eigenvalue weighted by atomic mass is 32.2. The van der Waals surface area contributed by atoms with Gasteiger partial charge in [-0.1, -0.05) is 0 Å². The van der Waals surface area contributed by atoms with Crippen molar-refractivity contribution in [2.45, 2.75) is 4.90 Å². The lowest BCUT2D eigenvalue weighted by Crippen LogP contribution is -2.00. The van der Waals surface area contributed by atoms with Gasteiger partial charge in [0.1, 0.15) is 18.0 Å². The predicted molar refractivity (Wildman–Crippen MR) is 89.7 cm³/mol. The summed E-state index contributed by atoms with van der Waals surface area (Å²) in [6, 6.07) is 8.46.